The Morgan fingerprint density at radius 2 is 2.06 bits per heavy atom. The zero-order valence-corrected chi connectivity index (χ0v) is 18.1. The molecule has 3 heterocycles. The number of carbonyl (C=O) groups excluding carboxylic acids is 1. The van der Waals surface area contributed by atoms with Crippen molar-refractivity contribution in [3.05, 3.63) is 42.0 Å². The second-order valence-corrected chi connectivity index (χ2v) is 7.70. The largest absolute Gasteiger partial charge is 0.382 e. The minimum absolute atomic E-state index is 0.000736. The van der Waals surface area contributed by atoms with E-state index in [0.29, 0.717) is 49.0 Å². The van der Waals surface area contributed by atoms with E-state index >= 15 is 0 Å². The van der Waals surface area contributed by atoms with Crippen molar-refractivity contribution in [1.82, 2.24) is 29.9 Å². The van der Waals surface area contributed by atoms with Gasteiger partial charge in [0.25, 0.3) is 0 Å². The first-order valence-electron chi connectivity index (χ1n) is 10.5. The number of hydroxylamine groups is 1. The van der Waals surface area contributed by atoms with Crippen LogP contribution in [0.4, 0.5) is 19.4 Å². The van der Waals surface area contributed by atoms with Gasteiger partial charge in [0.1, 0.15) is 5.52 Å². The molecule has 11 heteroatoms. The molecule has 2 amide bonds. The Balaban J connectivity index is 1.28. The van der Waals surface area contributed by atoms with Crippen LogP contribution in [0.1, 0.15) is 25.1 Å². The number of amides is 2. The highest BCUT2D eigenvalue weighted by Crippen LogP contribution is 2.21. The molecule has 174 valence electrons. The third-order valence-electron chi connectivity index (χ3n) is 5.39. The summed E-state index contributed by atoms with van der Waals surface area (Å²) in [6.07, 6.45) is 9.06. The molecule has 0 atom stereocenters. The van der Waals surface area contributed by atoms with E-state index in [9.17, 15) is 13.6 Å². The number of piperidine rings is 1. The van der Waals surface area contributed by atoms with E-state index < -0.39 is 17.7 Å². The molecule has 0 aliphatic carbocycles. The van der Waals surface area contributed by atoms with Gasteiger partial charge in [-0.15, -0.1) is 6.42 Å². The van der Waals surface area contributed by atoms with Crippen LogP contribution in [0.25, 0.3) is 11.2 Å². The maximum absolute atomic E-state index is 13.2. The maximum atomic E-state index is 13.2. The fourth-order valence-electron chi connectivity index (χ4n) is 3.56. The summed E-state index contributed by atoms with van der Waals surface area (Å²) in [7, 11) is 0. The first-order valence-corrected chi connectivity index (χ1v) is 10.5. The normalized spacial score (nSPS) is 13.7. The van der Waals surface area contributed by atoms with E-state index in [1.165, 1.54) is 6.07 Å². The lowest BCUT2D eigenvalue weighted by Crippen LogP contribution is -2.45. The molecule has 0 spiro atoms. The predicted molar refractivity (Wildman–Crippen MR) is 120 cm³/mol. The van der Waals surface area contributed by atoms with E-state index in [1.54, 1.807) is 15.8 Å². The first-order chi connectivity index (χ1) is 16.4. The number of nitrogens with one attached hydrogen (secondary N) is 1. The Morgan fingerprint density at radius 1 is 1.26 bits per heavy atom. The monoisotopic (exact) mass is 465 g/mol. The topological polar surface area (TPSA) is 111 Å². The summed E-state index contributed by atoms with van der Waals surface area (Å²) < 4.78 is 27.9. The van der Waals surface area contributed by atoms with Gasteiger partial charge < -0.3 is 20.0 Å². The van der Waals surface area contributed by atoms with Gasteiger partial charge in [0.05, 0.1) is 12.9 Å². The minimum Gasteiger partial charge on any atom is -0.382 e. The maximum Gasteiger partial charge on any atom is 0.350 e. The van der Waals surface area contributed by atoms with Crippen LogP contribution in [-0.4, -0.2) is 43.5 Å². The number of aromatic nitrogens is 4. The van der Waals surface area contributed by atoms with Crippen molar-refractivity contribution in [2.75, 3.05) is 18.8 Å². The van der Waals surface area contributed by atoms with E-state index in [4.69, 9.17) is 17.0 Å². The van der Waals surface area contributed by atoms with Gasteiger partial charge in [-0.25, -0.2) is 28.5 Å². The number of imidazole rings is 1. The summed E-state index contributed by atoms with van der Waals surface area (Å²) in [5.41, 5.74) is 9.24. The molecule has 0 saturated carbocycles. The smallest absolute Gasteiger partial charge is 0.350 e. The summed E-state index contributed by atoms with van der Waals surface area (Å²) in [5, 5.41) is 0. The van der Waals surface area contributed by atoms with E-state index in [1.807, 2.05) is 0 Å². The first kappa shape index (κ1) is 22.8. The standard InChI is InChI=1S/C23H21F2N7O2/c1-2-10-32-14-27-20-21(26)28-19(29-22(20)32)5-3-4-15-8-11-31(12-9-15)23(33)30-34-16-6-7-17(24)18(25)13-16/h1,6-7,13-15H,4,8-12H2,(H,30,33)(H2,26,28,29). The molecule has 3 aromatic rings. The number of halogens is 2. The van der Waals surface area contributed by atoms with Gasteiger partial charge in [0.2, 0.25) is 5.82 Å². The molecule has 3 N–H and O–H groups in total. The molecule has 1 aromatic carbocycles. The second-order valence-electron chi connectivity index (χ2n) is 7.70. The van der Waals surface area contributed by atoms with Crippen LogP contribution in [0.2, 0.25) is 0 Å². The third kappa shape index (κ3) is 5.15. The van der Waals surface area contributed by atoms with E-state index in [-0.39, 0.29) is 11.6 Å². The van der Waals surface area contributed by atoms with Crippen molar-refractivity contribution in [1.29, 1.82) is 0 Å². The fraction of sp³-hybridized carbons (Fsp3) is 0.304. The summed E-state index contributed by atoms with van der Waals surface area (Å²) in [4.78, 5) is 31.7. The number of terminal acetylenes is 1. The van der Waals surface area contributed by atoms with Crippen molar-refractivity contribution < 1.29 is 18.4 Å². The fourth-order valence-corrected chi connectivity index (χ4v) is 3.56. The average molecular weight is 465 g/mol. The van der Waals surface area contributed by atoms with Crippen molar-refractivity contribution in [2.24, 2.45) is 5.92 Å². The number of hydrogen-bond donors (Lipinski definition) is 2. The van der Waals surface area contributed by atoms with Gasteiger partial charge in [-0.1, -0.05) is 11.8 Å². The number of rotatable bonds is 4. The predicted octanol–water partition coefficient (Wildman–Crippen LogP) is 2.48. The van der Waals surface area contributed by atoms with Gasteiger partial charge in [-0.2, -0.15) is 5.48 Å². The number of nitrogens with two attached hydrogens (primary N) is 1. The third-order valence-corrected chi connectivity index (χ3v) is 5.39. The number of urea groups is 1. The molecule has 0 bridgehead atoms. The molecule has 4 rings (SSSR count). The van der Waals surface area contributed by atoms with Crippen LogP contribution in [0.3, 0.4) is 0 Å². The van der Waals surface area contributed by atoms with Crippen LogP contribution >= 0.6 is 0 Å². The number of fused-ring (bicyclic) bond motifs is 1. The number of carbonyl (C=O) groups is 1. The highest BCUT2D eigenvalue weighted by atomic mass is 19.2. The highest BCUT2D eigenvalue weighted by molar-refractivity contribution is 5.82. The Bertz CT molecular complexity index is 1310. The van der Waals surface area contributed by atoms with Crippen LogP contribution in [0, 0.1) is 41.7 Å². The number of nitrogen functional groups attached to an aromatic ring is 1. The van der Waals surface area contributed by atoms with Crippen LogP contribution < -0.4 is 16.1 Å². The minimum atomic E-state index is -1.06. The van der Waals surface area contributed by atoms with Gasteiger partial charge >= 0.3 is 6.03 Å². The van der Waals surface area contributed by atoms with Gasteiger partial charge in [0, 0.05) is 25.6 Å². The zero-order chi connectivity index (χ0) is 24.1. The number of likely N-dealkylation sites (tertiary alicyclic amines) is 1. The lowest BCUT2D eigenvalue weighted by molar-refractivity contribution is 0.126. The van der Waals surface area contributed by atoms with Gasteiger partial charge in [0.15, 0.2) is 28.8 Å². The Morgan fingerprint density at radius 3 is 2.79 bits per heavy atom. The molecule has 1 aliphatic rings. The summed E-state index contributed by atoms with van der Waals surface area (Å²) in [5.74, 6) is 7.39. The summed E-state index contributed by atoms with van der Waals surface area (Å²) in [6, 6.07) is 2.56. The molecular formula is C23H21F2N7O2. The lowest BCUT2D eigenvalue weighted by atomic mass is 9.94. The quantitative estimate of drug-likeness (QED) is 0.452. The molecule has 0 unspecified atom stereocenters. The van der Waals surface area contributed by atoms with Crippen molar-refractivity contribution in [3.63, 3.8) is 0 Å². The van der Waals surface area contributed by atoms with Crippen molar-refractivity contribution >= 4 is 23.0 Å². The van der Waals surface area contributed by atoms with E-state index in [2.05, 4.69) is 38.2 Å². The number of anilines is 1. The van der Waals surface area contributed by atoms with Gasteiger partial charge in [-0.05, 0) is 36.8 Å². The van der Waals surface area contributed by atoms with Crippen LogP contribution in [0.5, 0.6) is 5.75 Å². The molecule has 9 nitrogen and oxygen atoms in total. The number of hydrogen-bond acceptors (Lipinski definition) is 6. The van der Waals surface area contributed by atoms with Crippen LogP contribution in [0.15, 0.2) is 24.5 Å². The second kappa shape index (κ2) is 10.0. The molecule has 0 radical (unpaired) electrons. The number of nitrogens with zero attached hydrogens (tertiary/aromatic N) is 5. The molecule has 1 fully saturated rings. The van der Waals surface area contributed by atoms with Crippen molar-refractivity contribution in [3.8, 4) is 29.9 Å². The molecule has 2 aromatic heterocycles. The average Bonchev–Trinajstić information content (AvgIpc) is 3.23. The summed E-state index contributed by atoms with van der Waals surface area (Å²) >= 11 is 0. The Labute approximate surface area is 194 Å². The van der Waals surface area contributed by atoms with Gasteiger partial charge in [-0.3, -0.25) is 0 Å². The molecule has 1 aliphatic heterocycles. The molecule has 1 saturated heterocycles. The zero-order valence-electron chi connectivity index (χ0n) is 18.1. The molecule has 34 heavy (non-hydrogen) atoms. The Hall–Kier alpha value is -4.38. The SMILES string of the molecule is C#CCn1cnc2c(N)nc(C#CCC3CCN(C(=O)NOc4ccc(F)c(F)c4)CC3)nc21. The van der Waals surface area contributed by atoms with Crippen molar-refractivity contribution in [2.45, 2.75) is 25.8 Å². The highest BCUT2D eigenvalue weighted by Gasteiger charge is 2.22. The van der Waals surface area contributed by atoms with Crippen LogP contribution in [-0.2, 0) is 6.54 Å². The summed E-state index contributed by atoms with van der Waals surface area (Å²) in [6.45, 7) is 1.35. The Kier molecular flexibility index (Phi) is 6.74. The lowest BCUT2D eigenvalue weighted by Gasteiger charge is -2.30. The molecular weight excluding hydrogens is 444 g/mol. The number of benzene rings is 1. The van der Waals surface area contributed by atoms with E-state index in [0.717, 1.165) is 25.0 Å².